The van der Waals surface area contributed by atoms with Crippen molar-refractivity contribution in [3.8, 4) is 5.75 Å². The third-order valence-electron chi connectivity index (χ3n) is 1.34. The summed E-state index contributed by atoms with van der Waals surface area (Å²) in [5.74, 6) is 0.416. The molecule has 0 aliphatic carbocycles. The Morgan fingerprint density at radius 3 is 2.64 bits per heavy atom. The van der Waals surface area contributed by atoms with Crippen LogP contribution in [0.2, 0.25) is 0 Å². The number of ether oxygens (including phenoxy) is 2. The number of sulfonamides is 1. The molecule has 7 heteroatoms. The summed E-state index contributed by atoms with van der Waals surface area (Å²) in [6.45, 7) is 0.0798. The number of nitrogens with zero attached hydrogens (tertiary/aromatic N) is 1. The van der Waals surface area contributed by atoms with Crippen LogP contribution in [0.5, 0.6) is 5.75 Å². The Bertz CT molecular complexity index is 387. The highest BCUT2D eigenvalue weighted by Gasteiger charge is 2.08. The van der Waals surface area contributed by atoms with Crippen molar-refractivity contribution in [2.45, 2.75) is 5.03 Å². The van der Waals surface area contributed by atoms with Gasteiger partial charge in [0.25, 0.3) is 10.0 Å². The van der Waals surface area contributed by atoms with E-state index >= 15 is 0 Å². The third kappa shape index (κ3) is 2.95. The second-order valence-corrected chi connectivity index (χ2v) is 3.94. The molecule has 0 unspecified atom stereocenters. The highest BCUT2D eigenvalue weighted by atomic mass is 32.2. The highest BCUT2D eigenvalue weighted by Crippen LogP contribution is 2.10. The molecule has 0 saturated heterocycles. The molecular formula is C7H10N2O4S. The van der Waals surface area contributed by atoms with Crippen molar-refractivity contribution in [1.82, 2.24) is 4.98 Å². The number of hydrogen-bond acceptors (Lipinski definition) is 5. The molecule has 0 aliphatic heterocycles. The summed E-state index contributed by atoms with van der Waals surface area (Å²) in [6, 6.07) is 2.71. The molecule has 1 aromatic heterocycles. The number of aromatic nitrogens is 1. The topological polar surface area (TPSA) is 91.5 Å². The number of methoxy groups -OCH3 is 1. The average molecular weight is 218 g/mol. The number of nitrogens with two attached hydrogens (primary N) is 1. The van der Waals surface area contributed by atoms with Crippen molar-refractivity contribution >= 4 is 10.0 Å². The summed E-state index contributed by atoms with van der Waals surface area (Å²) >= 11 is 0. The second kappa shape index (κ2) is 4.36. The number of primary sulfonamides is 1. The molecule has 0 radical (unpaired) electrons. The maximum Gasteiger partial charge on any atom is 0.255 e. The fraction of sp³-hybridized carbons (Fsp3) is 0.286. The minimum atomic E-state index is -3.74. The van der Waals surface area contributed by atoms with E-state index in [-0.39, 0.29) is 11.8 Å². The van der Waals surface area contributed by atoms with E-state index < -0.39 is 10.0 Å². The Morgan fingerprint density at radius 2 is 2.21 bits per heavy atom. The monoisotopic (exact) mass is 218 g/mol. The first-order chi connectivity index (χ1) is 6.54. The number of hydrogen-bond donors (Lipinski definition) is 1. The Hall–Kier alpha value is -1.18. The normalized spacial score (nSPS) is 11.3. The van der Waals surface area contributed by atoms with Crippen LogP contribution >= 0.6 is 0 Å². The summed E-state index contributed by atoms with van der Waals surface area (Å²) in [5.41, 5.74) is 0. The summed E-state index contributed by atoms with van der Waals surface area (Å²) in [7, 11) is -2.26. The van der Waals surface area contributed by atoms with Crippen molar-refractivity contribution in [3.63, 3.8) is 0 Å². The number of rotatable bonds is 4. The molecule has 78 valence electrons. The fourth-order valence-electron chi connectivity index (χ4n) is 0.747. The van der Waals surface area contributed by atoms with E-state index in [9.17, 15) is 8.42 Å². The van der Waals surface area contributed by atoms with Crippen molar-refractivity contribution in [2.75, 3.05) is 13.9 Å². The van der Waals surface area contributed by atoms with Gasteiger partial charge in [-0.3, -0.25) is 0 Å². The van der Waals surface area contributed by atoms with E-state index in [2.05, 4.69) is 9.72 Å². The van der Waals surface area contributed by atoms with Crippen LogP contribution in [-0.4, -0.2) is 27.3 Å². The van der Waals surface area contributed by atoms with Gasteiger partial charge < -0.3 is 9.47 Å². The lowest BCUT2D eigenvalue weighted by atomic mass is 10.5. The van der Waals surface area contributed by atoms with Gasteiger partial charge >= 0.3 is 0 Å². The van der Waals surface area contributed by atoms with Crippen LogP contribution in [0.4, 0.5) is 0 Å². The Balaban J connectivity index is 2.79. The molecular weight excluding hydrogens is 208 g/mol. The lowest BCUT2D eigenvalue weighted by Gasteiger charge is -2.03. The first kappa shape index (κ1) is 10.9. The zero-order valence-corrected chi connectivity index (χ0v) is 8.32. The molecule has 0 bridgehead atoms. The Kier molecular flexibility index (Phi) is 3.39. The van der Waals surface area contributed by atoms with Crippen LogP contribution in [0.15, 0.2) is 23.4 Å². The van der Waals surface area contributed by atoms with Gasteiger partial charge in [0.15, 0.2) is 11.8 Å². The standard InChI is InChI=1S/C7H10N2O4S/c1-12-5-13-6-2-3-7(9-4-6)14(8,10)11/h2-4H,5H2,1H3,(H2,8,10,11). The minimum Gasteiger partial charge on any atom is -0.466 e. The van der Waals surface area contributed by atoms with Gasteiger partial charge in [-0.1, -0.05) is 0 Å². The highest BCUT2D eigenvalue weighted by molar-refractivity contribution is 7.89. The van der Waals surface area contributed by atoms with Crippen LogP contribution in [0.1, 0.15) is 0 Å². The zero-order valence-electron chi connectivity index (χ0n) is 7.50. The maximum atomic E-state index is 10.8. The molecule has 0 aliphatic rings. The van der Waals surface area contributed by atoms with Crippen molar-refractivity contribution in [2.24, 2.45) is 5.14 Å². The molecule has 2 N–H and O–H groups in total. The molecule has 0 saturated carbocycles. The van der Waals surface area contributed by atoms with Crippen LogP contribution in [0, 0.1) is 0 Å². The van der Waals surface area contributed by atoms with E-state index in [1.54, 1.807) is 0 Å². The predicted molar refractivity (Wildman–Crippen MR) is 48.1 cm³/mol. The first-order valence-electron chi connectivity index (χ1n) is 3.64. The summed E-state index contributed by atoms with van der Waals surface area (Å²) < 4.78 is 31.3. The van der Waals surface area contributed by atoms with Gasteiger partial charge in [-0.2, -0.15) is 0 Å². The summed E-state index contributed by atoms with van der Waals surface area (Å²) in [5, 5.41) is 4.66. The molecule has 6 nitrogen and oxygen atoms in total. The average Bonchev–Trinajstić information content (AvgIpc) is 2.14. The Morgan fingerprint density at radius 1 is 1.50 bits per heavy atom. The first-order valence-corrected chi connectivity index (χ1v) is 5.19. The minimum absolute atomic E-state index is 0.0798. The van der Waals surface area contributed by atoms with Crippen LogP contribution < -0.4 is 9.88 Å². The van der Waals surface area contributed by atoms with Crippen LogP contribution in [0.3, 0.4) is 0 Å². The van der Waals surface area contributed by atoms with Crippen molar-refractivity contribution in [1.29, 1.82) is 0 Å². The van der Waals surface area contributed by atoms with Gasteiger partial charge in [-0.05, 0) is 12.1 Å². The molecule has 1 heterocycles. The summed E-state index contributed by atoms with van der Waals surface area (Å²) in [4.78, 5) is 3.61. The van der Waals surface area contributed by atoms with Crippen LogP contribution in [0.25, 0.3) is 0 Å². The van der Waals surface area contributed by atoms with E-state index in [1.165, 1.54) is 25.4 Å². The van der Waals surface area contributed by atoms with Gasteiger partial charge in [-0.25, -0.2) is 18.5 Å². The molecule has 0 fully saturated rings. The van der Waals surface area contributed by atoms with E-state index in [1.807, 2.05) is 0 Å². The van der Waals surface area contributed by atoms with Gasteiger partial charge in [0, 0.05) is 7.11 Å². The van der Waals surface area contributed by atoms with Gasteiger partial charge in [0.05, 0.1) is 6.20 Å². The molecule has 0 amide bonds. The molecule has 0 aromatic carbocycles. The third-order valence-corrected chi connectivity index (χ3v) is 2.17. The van der Waals surface area contributed by atoms with Gasteiger partial charge in [-0.15, -0.1) is 0 Å². The Labute approximate surface area is 81.7 Å². The lowest BCUT2D eigenvalue weighted by Crippen LogP contribution is -2.13. The second-order valence-electron chi connectivity index (χ2n) is 2.43. The fourth-order valence-corrected chi connectivity index (χ4v) is 1.20. The van der Waals surface area contributed by atoms with Gasteiger partial charge in [0.2, 0.25) is 0 Å². The van der Waals surface area contributed by atoms with E-state index in [0.717, 1.165) is 0 Å². The molecule has 14 heavy (non-hydrogen) atoms. The lowest BCUT2D eigenvalue weighted by molar-refractivity contribution is 0.0508. The number of pyridine rings is 1. The summed E-state index contributed by atoms with van der Waals surface area (Å²) in [6.07, 6.45) is 1.26. The quantitative estimate of drug-likeness (QED) is 0.701. The van der Waals surface area contributed by atoms with Crippen LogP contribution in [-0.2, 0) is 14.8 Å². The van der Waals surface area contributed by atoms with E-state index in [4.69, 9.17) is 9.88 Å². The molecule has 1 rings (SSSR count). The zero-order chi connectivity index (χ0) is 10.6. The molecule has 1 aromatic rings. The maximum absolute atomic E-state index is 10.8. The SMILES string of the molecule is COCOc1ccc(S(N)(=O)=O)nc1. The van der Waals surface area contributed by atoms with Crippen molar-refractivity contribution < 1.29 is 17.9 Å². The van der Waals surface area contributed by atoms with Gasteiger partial charge in [0.1, 0.15) is 5.75 Å². The predicted octanol–water partition coefficient (Wildman–Crippen LogP) is -0.288. The van der Waals surface area contributed by atoms with Crippen molar-refractivity contribution in [3.05, 3.63) is 18.3 Å². The molecule has 0 spiro atoms. The molecule has 0 atom stereocenters. The smallest absolute Gasteiger partial charge is 0.255 e. The van der Waals surface area contributed by atoms with E-state index in [0.29, 0.717) is 5.75 Å². The largest absolute Gasteiger partial charge is 0.466 e.